The summed E-state index contributed by atoms with van der Waals surface area (Å²) in [5, 5.41) is 2.51. The number of carbonyl (C=O) groups is 2. The lowest BCUT2D eigenvalue weighted by Crippen LogP contribution is -2.33. The molecule has 1 unspecified atom stereocenters. The number of nitrogens with zero attached hydrogens (tertiary/aromatic N) is 1. The molecule has 0 aromatic heterocycles. The minimum absolute atomic E-state index is 0.135. The Hall–Kier alpha value is -1.10. The van der Waals surface area contributed by atoms with Crippen LogP contribution in [0.15, 0.2) is 0 Å². The molecule has 1 atom stereocenters. The number of ether oxygens (including phenoxy) is 1. The molecule has 3 amide bonds. The SMILES string of the molecule is CC1(C)COC(CCN2C(=O)CNC2=O)C1. The molecule has 2 heterocycles. The summed E-state index contributed by atoms with van der Waals surface area (Å²) in [5.41, 5.74) is 0.224. The van der Waals surface area contributed by atoms with Gasteiger partial charge in [-0.15, -0.1) is 0 Å². The summed E-state index contributed by atoms with van der Waals surface area (Å²) in [5.74, 6) is -0.137. The summed E-state index contributed by atoms with van der Waals surface area (Å²) in [4.78, 5) is 23.9. The zero-order valence-electron chi connectivity index (χ0n) is 9.78. The average Bonchev–Trinajstić information content (AvgIpc) is 2.69. The quantitative estimate of drug-likeness (QED) is 0.722. The molecule has 5 nitrogen and oxygen atoms in total. The minimum atomic E-state index is -0.276. The fourth-order valence-electron chi connectivity index (χ4n) is 2.22. The summed E-state index contributed by atoms with van der Waals surface area (Å²) in [7, 11) is 0. The van der Waals surface area contributed by atoms with Gasteiger partial charge in [-0.05, 0) is 18.3 Å². The number of imide groups is 1. The van der Waals surface area contributed by atoms with E-state index in [2.05, 4.69) is 19.2 Å². The normalized spacial score (nSPS) is 28.6. The number of nitrogens with one attached hydrogen (secondary N) is 1. The summed E-state index contributed by atoms with van der Waals surface area (Å²) in [6.45, 7) is 5.69. The van der Waals surface area contributed by atoms with Crippen LogP contribution in [0.1, 0.15) is 26.7 Å². The Kier molecular flexibility index (Phi) is 2.88. The van der Waals surface area contributed by atoms with Gasteiger partial charge < -0.3 is 10.1 Å². The van der Waals surface area contributed by atoms with Gasteiger partial charge in [0.1, 0.15) is 0 Å². The van der Waals surface area contributed by atoms with Gasteiger partial charge in [0.2, 0.25) is 5.91 Å². The van der Waals surface area contributed by atoms with Gasteiger partial charge in [-0.1, -0.05) is 13.8 Å². The summed E-state index contributed by atoms with van der Waals surface area (Å²) < 4.78 is 5.63. The van der Waals surface area contributed by atoms with Crippen molar-refractivity contribution in [3.05, 3.63) is 0 Å². The van der Waals surface area contributed by atoms with Crippen LogP contribution >= 0.6 is 0 Å². The molecule has 90 valence electrons. The van der Waals surface area contributed by atoms with Crippen molar-refractivity contribution in [3.63, 3.8) is 0 Å². The van der Waals surface area contributed by atoms with Crippen LogP contribution in [-0.2, 0) is 9.53 Å². The summed E-state index contributed by atoms with van der Waals surface area (Å²) in [6.07, 6.45) is 1.91. The van der Waals surface area contributed by atoms with Crippen molar-refractivity contribution < 1.29 is 14.3 Å². The van der Waals surface area contributed by atoms with Crippen molar-refractivity contribution in [2.75, 3.05) is 19.7 Å². The highest BCUT2D eigenvalue weighted by atomic mass is 16.5. The van der Waals surface area contributed by atoms with E-state index in [1.54, 1.807) is 0 Å². The van der Waals surface area contributed by atoms with E-state index in [1.807, 2.05) is 0 Å². The zero-order chi connectivity index (χ0) is 11.8. The molecular weight excluding hydrogens is 208 g/mol. The average molecular weight is 226 g/mol. The number of carbonyl (C=O) groups excluding carboxylic acids is 2. The molecular formula is C11H18N2O3. The Labute approximate surface area is 95.1 Å². The Morgan fingerprint density at radius 2 is 2.25 bits per heavy atom. The van der Waals surface area contributed by atoms with E-state index in [0.717, 1.165) is 19.4 Å². The molecule has 0 spiro atoms. The number of hydrogen-bond acceptors (Lipinski definition) is 3. The number of amides is 3. The molecule has 5 heteroatoms. The van der Waals surface area contributed by atoms with Crippen LogP contribution in [0.4, 0.5) is 4.79 Å². The lowest BCUT2D eigenvalue weighted by atomic mass is 9.90. The van der Waals surface area contributed by atoms with Crippen molar-refractivity contribution in [3.8, 4) is 0 Å². The van der Waals surface area contributed by atoms with Crippen LogP contribution < -0.4 is 5.32 Å². The van der Waals surface area contributed by atoms with Crippen molar-refractivity contribution in [1.29, 1.82) is 0 Å². The van der Waals surface area contributed by atoms with Crippen LogP contribution in [-0.4, -0.2) is 42.6 Å². The molecule has 2 aliphatic rings. The van der Waals surface area contributed by atoms with E-state index in [0.29, 0.717) is 6.54 Å². The molecule has 0 aromatic rings. The van der Waals surface area contributed by atoms with Gasteiger partial charge in [-0.25, -0.2) is 4.79 Å². The van der Waals surface area contributed by atoms with Crippen LogP contribution in [0.5, 0.6) is 0 Å². The Morgan fingerprint density at radius 3 is 2.75 bits per heavy atom. The van der Waals surface area contributed by atoms with Crippen molar-refractivity contribution >= 4 is 11.9 Å². The second kappa shape index (κ2) is 4.05. The first-order valence-corrected chi connectivity index (χ1v) is 5.68. The van der Waals surface area contributed by atoms with Gasteiger partial charge in [-0.3, -0.25) is 9.69 Å². The molecule has 2 saturated heterocycles. The molecule has 0 saturated carbocycles. The zero-order valence-corrected chi connectivity index (χ0v) is 9.78. The predicted molar refractivity (Wildman–Crippen MR) is 57.9 cm³/mol. The third kappa shape index (κ3) is 2.35. The Morgan fingerprint density at radius 1 is 1.50 bits per heavy atom. The minimum Gasteiger partial charge on any atom is -0.378 e. The maximum absolute atomic E-state index is 11.3. The Balaban J connectivity index is 1.80. The third-order valence-corrected chi connectivity index (χ3v) is 3.10. The third-order valence-electron chi connectivity index (χ3n) is 3.10. The fourth-order valence-corrected chi connectivity index (χ4v) is 2.22. The van der Waals surface area contributed by atoms with E-state index in [1.165, 1.54) is 4.90 Å². The number of hydrogen-bond donors (Lipinski definition) is 1. The van der Waals surface area contributed by atoms with Crippen LogP contribution in [0.25, 0.3) is 0 Å². The standard InChI is InChI=1S/C11H18N2O3/c1-11(2)5-8(16-7-11)3-4-13-9(14)6-12-10(13)15/h8H,3-7H2,1-2H3,(H,12,15). The molecule has 0 bridgehead atoms. The van der Waals surface area contributed by atoms with Crippen LogP contribution in [0, 0.1) is 5.41 Å². The molecule has 0 aromatic carbocycles. The lowest BCUT2D eigenvalue weighted by molar-refractivity contribution is -0.125. The monoisotopic (exact) mass is 226 g/mol. The van der Waals surface area contributed by atoms with E-state index in [9.17, 15) is 9.59 Å². The summed E-state index contributed by atoms with van der Waals surface area (Å²) >= 11 is 0. The van der Waals surface area contributed by atoms with Crippen molar-refractivity contribution in [2.24, 2.45) is 5.41 Å². The first-order chi connectivity index (χ1) is 7.48. The van der Waals surface area contributed by atoms with Gasteiger partial charge in [-0.2, -0.15) is 0 Å². The highest BCUT2D eigenvalue weighted by molar-refractivity contribution is 6.01. The largest absolute Gasteiger partial charge is 0.378 e. The highest BCUT2D eigenvalue weighted by Crippen LogP contribution is 2.32. The van der Waals surface area contributed by atoms with Crippen molar-refractivity contribution in [2.45, 2.75) is 32.8 Å². The number of rotatable bonds is 3. The lowest BCUT2D eigenvalue weighted by Gasteiger charge is -2.16. The number of urea groups is 1. The molecule has 0 aliphatic carbocycles. The van der Waals surface area contributed by atoms with E-state index in [-0.39, 0.29) is 30.0 Å². The van der Waals surface area contributed by atoms with Gasteiger partial charge in [0.25, 0.3) is 0 Å². The second-order valence-corrected chi connectivity index (χ2v) is 5.29. The molecule has 2 rings (SSSR count). The van der Waals surface area contributed by atoms with Crippen molar-refractivity contribution in [1.82, 2.24) is 10.2 Å². The maximum atomic E-state index is 11.3. The van der Waals surface area contributed by atoms with E-state index >= 15 is 0 Å². The van der Waals surface area contributed by atoms with Crippen LogP contribution in [0.2, 0.25) is 0 Å². The van der Waals surface area contributed by atoms with Crippen LogP contribution in [0.3, 0.4) is 0 Å². The topological polar surface area (TPSA) is 58.6 Å². The first kappa shape index (κ1) is 11.4. The maximum Gasteiger partial charge on any atom is 0.324 e. The van der Waals surface area contributed by atoms with Gasteiger partial charge >= 0.3 is 6.03 Å². The Bertz CT molecular complexity index is 298. The molecule has 2 aliphatic heterocycles. The molecule has 1 N–H and O–H groups in total. The van der Waals surface area contributed by atoms with Gasteiger partial charge in [0, 0.05) is 6.54 Å². The predicted octanol–water partition coefficient (Wildman–Crippen LogP) is 0.743. The molecule has 2 fully saturated rings. The highest BCUT2D eigenvalue weighted by Gasteiger charge is 2.34. The smallest absolute Gasteiger partial charge is 0.324 e. The fraction of sp³-hybridized carbons (Fsp3) is 0.818. The van der Waals surface area contributed by atoms with E-state index in [4.69, 9.17) is 4.74 Å². The van der Waals surface area contributed by atoms with Gasteiger partial charge in [0.15, 0.2) is 0 Å². The molecule has 0 radical (unpaired) electrons. The molecule has 16 heavy (non-hydrogen) atoms. The van der Waals surface area contributed by atoms with Gasteiger partial charge in [0.05, 0.1) is 19.3 Å². The second-order valence-electron chi connectivity index (χ2n) is 5.29. The van der Waals surface area contributed by atoms with E-state index < -0.39 is 0 Å². The first-order valence-electron chi connectivity index (χ1n) is 5.68. The summed E-state index contributed by atoms with van der Waals surface area (Å²) in [6, 6.07) is -0.276.